The maximum atomic E-state index is 6.30. The third-order valence-corrected chi connectivity index (χ3v) is 5.18. The molecule has 1 aliphatic rings. The minimum absolute atomic E-state index is 0.309. The summed E-state index contributed by atoms with van der Waals surface area (Å²) < 4.78 is 1.03. The van der Waals surface area contributed by atoms with Gasteiger partial charge in [0.05, 0.1) is 0 Å². The van der Waals surface area contributed by atoms with Crippen LogP contribution in [0.25, 0.3) is 0 Å². The topological polar surface area (TPSA) is 12.0 Å². The number of benzene rings is 1. The molecule has 4 unspecified atom stereocenters. The first-order chi connectivity index (χ1) is 8.49. The van der Waals surface area contributed by atoms with Gasteiger partial charge in [0.15, 0.2) is 0 Å². The Labute approximate surface area is 123 Å². The molecule has 0 bridgehead atoms. The first-order valence-corrected chi connectivity index (χ1v) is 7.87. The minimum atomic E-state index is 0.309. The summed E-state index contributed by atoms with van der Waals surface area (Å²) in [4.78, 5) is 0. The molecule has 2 rings (SSSR count). The van der Waals surface area contributed by atoms with Crippen molar-refractivity contribution in [2.24, 2.45) is 11.8 Å². The summed E-state index contributed by atoms with van der Waals surface area (Å²) in [5.74, 6) is 1.58. The van der Waals surface area contributed by atoms with Crippen molar-refractivity contribution in [3.63, 3.8) is 0 Å². The molecule has 1 aliphatic carbocycles. The molecule has 1 N–H and O–H groups in total. The lowest BCUT2D eigenvalue weighted by Gasteiger charge is -2.25. The Balaban J connectivity index is 2.05. The maximum absolute atomic E-state index is 6.30. The van der Waals surface area contributed by atoms with Crippen LogP contribution in [0.5, 0.6) is 0 Å². The van der Waals surface area contributed by atoms with Crippen LogP contribution in [0.3, 0.4) is 0 Å². The van der Waals surface area contributed by atoms with E-state index in [1.54, 1.807) is 0 Å². The Kier molecular flexibility index (Phi) is 4.74. The zero-order valence-electron chi connectivity index (χ0n) is 11.2. The van der Waals surface area contributed by atoms with Crippen LogP contribution in [0.4, 0.5) is 0 Å². The molecule has 100 valence electrons. The Morgan fingerprint density at radius 3 is 2.61 bits per heavy atom. The van der Waals surface area contributed by atoms with Gasteiger partial charge in [-0.25, -0.2) is 0 Å². The van der Waals surface area contributed by atoms with Gasteiger partial charge in [0.25, 0.3) is 0 Å². The van der Waals surface area contributed by atoms with Gasteiger partial charge in [-0.3, -0.25) is 0 Å². The van der Waals surface area contributed by atoms with Crippen LogP contribution in [0, 0.1) is 11.8 Å². The first-order valence-electron chi connectivity index (χ1n) is 6.70. The minimum Gasteiger partial charge on any atom is -0.307 e. The number of halogens is 2. The third kappa shape index (κ3) is 3.09. The van der Waals surface area contributed by atoms with E-state index in [1.165, 1.54) is 18.4 Å². The van der Waals surface area contributed by atoms with Gasteiger partial charge in [0, 0.05) is 21.6 Å². The van der Waals surface area contributed by atoms with Crippen molar-refractivity contribution in [2.45, 2.75) is 45.7 Å². The lowest BCUT2D eigenvalue weighted by atomic mass is 9.96. The van der Waals surface area contributed by atoms with Gasteiger partial charge >= 0.3 is 0 Å². The lowest BCUT2D eigenvalue weighted by Crippen LogP contribution is -2.34. The van der Waals surface area contributed by atoms with Crippen molar-refractivity contribution < 1.29 is 0 Å². The molecule has 0 heterocycles. The van der Waals surface area contributed by atoms with Crippen LogP contribution in [-0.2, 0) is 0 Å². The molecule has 0 saturated heterocycles. The first kappa shape index (κ1) is 14.4. The molecule has 0 radical (unpaired) electrons. The molecule has 0 aliphatic heterocycles. The quantitative estimate of drug-likeness (QED) is 0.804. The summed E-state index contributed by atoms with van der Waals surface area (Å²) in [5, 5.41) is 4.57. The summed E-state index contributed by atoms with van der Waals surface area (Å²) in [6.07, 6.45) is 2.61. The van der Waals surface area contributed by atoms with Gasteiger partial charge in [-0.2, -0.15) is 0 Å². The van der Waals surface area contributed by atoms with E-state index in [2.05, 4.69) is 54.2 Å². The molecule has 18 heavy (non-hydrogen) atoms. The Bertz CT molecular complexity index is 421. The summed E-state index contributed by atoms with van der Waals surface area (Å²) in [6, 6.07) is 7.06. The van der Waals surface area contributed by atoms with Gasteiger partial charge in [0.1, 0.15) is 0 Å². The molecule has 1 nitrogen and oxygen atoms in total. The highest BCUT2D eigenvalue weighted by atomic mass is 79.9. The second kappa shape index (κ2) is 5.94. The average molecular weight is 331 g/mol. The summed E-state index contributed by atoms with van der Waals surface area (Å²) in [5.41, 5.74) is 1.19. The van der Waals surface area contributed by atoms with E-state index in [0.717, 1.165) is 21.3 Å². The fourth-order valence-corrected chi connectivity index (χ4v) is 3.70. The normalized spacial score (nSPS) is 29.5. The van der Waals surface area contributed by atoms with Gasteiger partial charge in [-0.1, -0.05) is 47.4 Å². The summed E-state index contributed by atoms with van der Waals surface area (Å²) >= 11 is 9.75. The van der Waals surface area contributed by atoms with Crippen molar-refractivity contribution in [1.29, 1.82) is 0 Å². The van der Waals surface area contributed by atoms with Gasteiger partial charge in [0.2, 0.25) is 0 Å². The lowest BCUT2D eigenvalue weighted by molar-refractivity contribution is 0.347. The summed E-state index contributed by atoms with van der Waals surface area (Å²) in [6.45, 7) is 6.90. The number of hydrogen-bond acceptors (Lipinski definition) is 1. The smallest absolute Gasteiger partial charge is 0.0464 e. The second-order valence-corrected chi connectivity index (χ2v) is 6.90. The largest absolute Gasteiger partial charge is 0.307 e. The molecule has 0 spiro atoms. The molecule has 1 fully saturated rings. The maximum Gasteiger partial charge on any atom is 0.0464 e. The van der Waals surface area contributed by atoms with Crippen LogP contribution in [0.2, 0.25) is 5.02 Å². The van der Waals surface area contributed by atoms with Crippen molar-refractivity contribution in [3.05, 3.63) is 33.3 Å². The van der Waals surface area contributed by atoms with Crippen LogP contribution in [0.1, 0.15) is 45.2 Å². The fourth-order valence-electron chi connectivity index (χ4n) is 2.86. The number of hydrogen-bond donors (Lipinski definition) is 1. The van der Waals surface area contributed by atoms with E-state index < -0.39 is 0 Å². The Hall–Kier alpha value is -0.0500. The summed E-state index contributed by atoms with van der Waals surface area (Å²) in [7, 11) is 0. The van der Waals surface area contributed by atoms with Gasteiger partial charge in [-0.15, -0.1) is 0 Å². The predicted octanol–water partition coefficient (Wildman–Crippen LogP) is 5.19. The Morgan fingerprint density at radius 2 is 2.06 bits per heavy atom. The predicted molar refractivity (Wildman–Crippen MR) is 82.1 cm³/mol. The molecule has 1 aromatic rings. The van der Waals surface area contributed by atoms with E-state index in [4.69, 9.17) is 11.6 Å². The van der Waals surface area contributed by atoms with Crippen LogP contribution in [0.15, 0.2) is 22.7 Å². The average Bonchev–Trinajstić information content (AvgIpc) is 2.61. The molecular weight excluding hydrogens is 310 g/mol. The van der Waals surface area contributed by atoms with Crippen molar-refractivity contribution in [3.8, 4) is 0 Å². The zero-order valence-corrected chi connectivity index (χ0v) is 13.6. The zero-order chi connectivity index (χ0) is 13.3. The molecular formula is C15H21BrClN. The number of nitrogens with one attached hydrogen (secondary N) is 1. The standard InChI is InChI=1S/C15H21BrClN/c1-9-4-7-15(10(9)2)18-11(3)13-6-5-12(16)8-14(13)17/h5-6,8-11,15,18H,4,7H2,1-3H3. The van der Waals surface area contributed by atoms with Crippen LogP contribution >= 0.6 is 27.5 Å². The SMILES string of the molecule is CC(NC1CCC(C)C1C)c1ccc(Br)cc1Cl. The van der Waals surface area contributed by atoms with E-state index in [1.807, 2.05) is 6.07 Å². The van der Waals surface area contributed by atoms with Crippen molar-refractivity contribution in [1.82, 2.24) is 5.32 Å². The second-order valence-electron chi connectivity index (χ2n) is 5.57. The van der Waals surface area contributed by atoms with Crippen LogP contribution < -0.4 is 5.32 Å². The fraction of sp³-hybridized carbons (Fsp3) is 0.600. The number of rotatable bonds is 3. The van der Waals surface area contributed by atoms with Crippen molar-refractivity contribution >= 4 is 27.5 Å². The van der Waals surface area contributed by atoms with E-state index >= 15 is 0 Å². The molecule has 3 heteroatoms. The highest BCUT2D eigenvalue weighted by Crippen LogP contribution is 2.34. The van der Waals surface area contributed by atoms with E-state index in [0.29, 0.717) is 12.1 Å². The van der Waals surface area contributed by atoms with E-state index in [9.17, 15) is 0 Å². The monoisotopic (exact) mass is 329 g/mol. The van der Waals surface area contributed by atoms with E-state index in [-0.39, 0.29) is 0 Å². The Morgan fingerprint density at radius 1 is 1.33 bits per heavy atom. The highest BCUT2D eigenvalue weighted by molar-refractivity contribution is 9.10. The molecule has 1 saturated carbocycles. The third-order valence-electron chi connectivity index (χ3n) is 4.36. The highest BCUT2D eigenvalue weighted by Gasteiger charge is 2.30. The molecule has 0 amide bonds. The van der Waals surface area contributed by atoms with Gasteiger partial charge in [-0.05, 0) is 49.3 Å². The molecule has 1 aromatic carbocycles. The van der Waals surface area contributed by atoms with Crippen molar-refractivity contribution in [2.75, 3.05) is 0 Å². The van der Waals surface area contributed by atoms with Crippen LogP contribution in [-0.4, -0.2) is 6.04 Å². The molecule has 4 atom stereocenters. The van der Waals surface area contributed by atoms with Gasteiger partial charge < -0.3 is 5.32 Å². The molecule has 0 aromatic heterocycles.